The maximum atomic E-state index is 6.00. The zero-order valence-corrected chi connectivity index (χ0v) is 16.0. The van der Waals surface area contributed by atoms with Crippen LogP contribution in [-0.2, 0) is 4.74 Å². The van der Waals surface area contributed by atoms with E-state index in [9.17, 15) is 0 Å². The minimum absolute atomic E-state index is 0.653. The second-order valence-corrected chi connectivity index (χ2v) is 6.99. The second-order valence-electron chi connectivity index (χ2n) is 6.99. The van der Waals surface area contributed by atoms with Crippen molar-refractivity contribution in [2.45, 2.75) is 0 Å². The van der Waals surface area contributed by atoms with Crippen molar-refractivity contribution in [3.05, 3.63) is 48.8 Å². The molecule has 2 aromatic heterocycles. The van der Waals surface area contributed by atoms with Gasteiger partial charge < -0.3 is 9.47 Å². The molecule has 2 aromatic carbocycles. The first-order valence-electron chi connectivity index (χ1n) is 9.74. The number of nitrogens with zero attached hydrogens (tertiary/aromatic N) is 4. The Labute approximate surface area is 167 Å². The first-order chi connectivity index (χ1) is 14.4. The molecule has 0 spiro atoms. The lowest BCUT2D eigenvalue weighted by Crippen LogP contribution is -2.38. The molecule has 5 rings (SSSR count). The third kappa shape index (κ3) is 3.85. The van der Waals surface area contributed by atoms with Gasteiger partial charge in [0.05, 0.1) is 18.7 Å². The van der Waals surface area contributed by atoms with Gasteiger partial charge in [-0.25, -0.2) is 4.98 Å². The highest BCUT2D eigenvalue weighted by molar-refractivity contribution is 5.95. The molecule has 4 aromatic rings. The number of rotatable bonds is 6. The lowest BCUT2D eigenvalue weighted by atomic mass is 10.1. The lowest BCUT2D eigenvalue weighted by molar-refractivity contribution is 0.0322. The van der Waals surface area contributed by atoms with E-state index >= 15 is 0 Å². The van der Waals surface area contributed by atoms with Crippen LogP contribution >= 0.6 is 0 Å². The SMILES string of the molecule is c1cc(OCCN2CCOCC2)cc(-c2n[nH]c3ccc(-c4nc[nH]n4)cc23)c1. The number of aromatic nitrogens is 5. The first kappa shape index (κ1) is 17.8. The average Bonchev–Trinajstić information content (AvgIpc) is 3.44. The molecule has 1 saturated heterocycles. The Morgan fingerprint density at radius 3 is 2.83 bits per heavy atom. The molecular weight excluding hydrogens is 368 g/mol. The number of hydrogen-bond acceptors (Lipinski definition) is 6. The van der Waals surface area contributed by atoms with E-state index in [1.807, 2.05) is 36.4 Å². The molecule has 2 N–H and O–H groups in total. The van der Waals surface area contributed by atoms with E-state index in [1.165, 1.54) is 0 Å². The average molecular weight is 390 g/mol. The Morgan fingerprint density at radius 2 is 1.97 bits per heavy atom. The molecule has 1 aliphatic rings. The number of hydrogen-bond donors (Lipinski definition) is 2. The van der Waals surface area contributed by atoms with Crippen molar-refractivity contribution in [2.24, 2.45) is 0 Å². The van der Waals surface area contributed by atoms with Gasteiger partial charge in [0.15, 0.2) is 5.82 Å². The van der Waals surface area contributed by atoms with Crippen LogP contribution < -0.4 is 4.74 Å². The molecule has 29 heavy (non-hydrogen) atoms. The molecule has 148 valence electrons. The summed E-state index contributed by atoms with van der Waals surface area (Å²) in [6, 6.07) is 14.1. The fraction of sp³-hybridized carbons (Fsp3) is 0.286. The summed E-state index contributed by atoms with van der Waals surface area (Å²) in [6.45, 7) is 5.10. The Balaban J connectivity index is 1.36. The monoisotopic (exact) mass is 390 g/mol. The largest absolute Gasteiger partial charge is 0.492 e. The number of ether oxygens (including phenoxy) is 2. The van der Waals surface area contributed by atoms with Gasteiger partial charge in [-0.15, -0.1) is 0 Å². The number of morpholine rings is 1. The van der Waals surface area contributed by atoms with Gasteiger partial charge in [0, 0.05) is 36.1 Å². The maximum absolute atomic E-state index is 6.00. The fourth-order valence-electron chi connectivity index (χ4n) is 3.57. The number of benzene rings is 2. The Kier molecular flexibility index (Phi) is 4.93. The molecule has 1 fully saturated rings. The summed E-state index contributed by atoms with van der Waals surface area (Å²) in [5.41, 5.74) is 3.81. The van der Waals surface area contributed by atoms with Crippen molar-refractivity contribution in [3.8, 4) is 28.4 Å². The topological polar surface area (TPSA) is 92.0 Å². The summed E-state index contributed by atoms with van der Waals surface area (Å²) in [5.74, 6) is 1.51. The minimum atomic E-state index is 0.653. The maximum Gasteiger partial charge on any atom is 0.180 e. The van der Waals surface area contributed by atoms with Crippen LogP contribution in [0.3, 0.4) is 0 Å². The van der Waals surface area contributed by atoms with Crippen molar-refractivity contribution in [3.63, 3.8) is 0 Å². The molecule has 0 radical (unpaired) electrons. The molecule has 8 nitrogen and oxygen atoms in total. The fourth-order valence-corrected chi connectivity index (χ4v) is 3.57. The van der Waals surface area contributed by atoms with Gasteiger partial charge in [0.25, 0.3) is 0 Å². The minimum Gasteiger partial charge on any atom is -0.492 e. The van der Waals surface area contributed by atoms with Crippen LogP contribution in [0.25, 0.3) is 33.5 Å². The quantitative estimate of drug-likeness (QED) is 0.526. The molecule has 0 unspecified atom stereocenters. The van der Waals surface area contributed by atoms with Crippen molar-refractivity contribution in [1.29, 1.82) is 0 Å². The van der Waals surface area contributed by atoms with E-state index in [1.54, 1.807) is 6.33 Å². The van der Waals surface area contributed by atoms with Crippen LogP contribution in [0.4, 0.5) is 0 Å². The van der Waals surface area contributed by atoms with E-state index in [0.717, 1.165) is 66.3 Å². The number of nitrogens with one attached hydrogen (secondary N) is 2. The highest BCUT2D eigenvalue weighted by Crippen LogP contribution is 2.31. The third-order valence-corrected chi connectivity index (χ3v) is 5.12. The Bertz CT molecular complexity index is 1090. The van der Waals surface area contributed by atoms with Gasteiger partial charge in [-0.3, -0.25) is 15.1 Å². The van der Waals surface area contributed by atoms with Gasteiger partial charge >= 0.3 is 0 Å². The predicted molar refractivity (Wildman–Crippen MR) is 110 cm³/mol. The molecule has 0 amide bonds. The molecule has 3 heterocycles. The summed E-state index contributed by atoms with van der Waals surface area (Å²) in [5, 5.41) is 15.6. The second kappa shape index (κ2) is 8.02. The zero-order valence-electron chi connectivity index (χ0n) is 16.0. The molecule has 0 aliphatic carbocycles. The van der Waals surface area contributed by atoms with Crippen LogP contribution in [0.1, 0.15) is 0 Å². The van der Waals surface area contributed by atoms with Crippen molar-refractivity contribution in [2.75, 3.05) is 39.5 Å². The van der Waals surface area contributed by atoms with Crippen LogP contribution in [-0.4, -0.2) is 69.7 Å². The first-order valence-corrected chi connectivity index (χ1v) is 9.74. The van der Waals surface area contributed by atoms with Crippen molar-refractivity contribution in [1.82, 2.24) is 30.3 Å². The van der Waals surface area contributed by atoms with Gasteiger partial charge in [-0.1, -0.05) is 12.1 Å². The van der Waals surface area contributed by atoms with Crippen LogP contribution in [0.2, 0.25) is 0 Å². The molecule has 0 saturated carbocycles. The molecule has 1 aliphatic heterocycles. The van der Waals surface area contributed by atoms with E-state index in [-0.39, 0.29) is 0 Å². The van der Waals surface area contributed by atoms with Gasteiger partial charge in [0.1, 0.15) is 24.4 Å². The lowest BCUT2D eigenvalue weighted by Gasteiger charge is -2.26. The smallest absolute Gasteiger partial charge is 0.180 e. The Hall–Kier alpha value is -3.23. The highest BCUT2D eigenvalue weighted by atomic mass is 16.5. The van der Waals surface area contributed by atoms with Crippen molar-refractivity contribution >= 4 is 10.9 Å². The zero-order chi connectivity index (χ0) is 19.5. The third-order valence-electron chi connectivity index (χ3n) is 5.12. The van der Waals surface area contributed by atoms with Gasteiger partial charge in [0.2, 0.25) is 0 Å². The molecule has 8 heteroatoms. The van der Waals surface area contributed by atoms with Gasteiger partial charge in [-0.05, 0) is 30.3 Å². The van der Waals surface area contributed by atoms with Crippen LogP contribution in [0.5, 0.6) is 5.75 Å². The number of aromatic amines is 2. The van der Waals surface area contributed by atoms with E-state index in [0.29, 0.717) is 12.4 Å². The van der Waals surface area contributed by atoms with Crippen molar-refractivity contribution < 1.29 is 9.47 Å². The summed E-state index contributed by atoms with van der Waals surface area (Å²) in [4.78, 5) is 6.60. The predicted octanol–water partition coefficient (Wildman–Crippen LogP) is 2.73. The standard InChI is InChI=1S/C21H22N6O2/c1-2-15(12-17(3-1)29-11-8-27-6-9-28-10-7-27)20-18-13-16(21-22-14-23-26-21)4-5-19(18)24-25-20/h1-5,12-14H,6-11H2,(H,24,25)(H,22,23,26). The molecular formula is C21H22N6O2. The van der Waals surface area contributed by atoms with E-state index in [4.69, 9.17) is 9.47 Å². The van der Waals surface area contributed by atoms with Crippen LogP contribution in [0, 0.1) is 0 Å². The van der Waals surface area contributed by atoms with E-state index < -0.39 is 0 Å². The summed E-state index contributed by atoms with van der Waals surface area (Å²) in [6.07, 6.45) is 1.58. The molecule has 0 atom stereocenters. The number of fused-ring (bicyclic) bond motifs is 1. The summed E-state index contributed by atoms with van der Waals surface area (Å²) < 4.78 is 11.4. The normalized spacial score (nSPS) is 15.0. The summed E-state index contributed by atoms with van der Waals surface area (Å²) in [7, 11) is 0. The highest BCUT2D eigenvalue weighted by Gasteiger charge is 2.13. The van der Waals surface area contributed by atoms with Gasteiger partial charge in [-0.2, -0.15) is 10.2 Å². The van der Waals surface area contributed by atoms with Crippen LogP contribution in [0.15, 0.2) is 48.8 Å². The summed E-state index contributed by atoms with van der Waals surface area (Å²) >= 11 is 0. The Morgan fingerprint density at radius 1 is 1.03 bits per heavy atom. The molecule has 0 bridgehead atoms. The van der Waals surface area contributed by atoms with E-state index in [2.05, 4.69) is 36.3 Å². The number of H-pyrrole nitrogens is 2.